The molecule has 1 saturated heterocycles. The molecule has 2 amide bonds. The van der Waals surface area contributed by atoms with Crippen molar-refractivity contribution in [1.29, 1.82) is 0 Å². The van der Waals surface area contributed by atoms with E-state index >= 15 is 0 Å². The van der Waals surface area contributed by atoms with Gasteiger partial charge in [-0.1, -0.05) is 30.3 Å². The molecule has 0 aliphatic carbocycles. The quantitative estimate of drug-likeness (QED) is 0.897. The third kappa shape index (κ3) is 4.78. The molecule has 1 heterocycles. The average molecular weight is 343 g/mol. The molecule has 132 valence electrons. The molecule has 2 aromatic rings. The Hall–Kier alpha value is -2.44. The zero-order valence-electron chi connectivity index (χ0n) is 13.9. The zero-order valence-corrected chi connectivity index (χ0v) is 13.9. The number of piperazine rings is 1. The molecule has 5 nitrogen and oxygen atoms in total. The lowest BCUT2D eigenvalue weighted by atomic mass is 10.1. The first kappa shape index (κ1) is 17.4. The second-order valence-corrected chi connectivity index (χ2v) is 6.15. The normalized spacial score (nSPS) is 16.5. The van der Waals surface area contributed by atoms with Gasteiger partial charge in [-0.05, 0) is 29.8 Å². The second kappa shape index (κ2) is 8.09. The molecule has 0 saturated carbocycles. The first-order chi connectivity index (χ1) is 12.1. The van der Waals surface area contributed by atoms with Crippen LogP contribution in [0.15, 0.2) is 54.6 Å². The summed E-state index contributed by atoms with van der Waals surface area (Å²) >= 11 is 0. The van der Waals surface area contributed by atoms with Crippen LogP contribution in [0.2, 0.25) is 0 Å². The number of benzene rings is 2. The Balaban J connectivity index is 1.46. The Morgan fingerprint density at radius 1 is 1.04 bits per heavy atom. The lowest BCUT2D eigenvalue weighted by molar-refractivity contribution is 0.0831. The highest BCUT2D eigenvalue weighted by Gasteiger charge is 2.23. The minimum atomic E-state index is -0.527. The van der Waals surface area contributed by atoms with Crippen molar-refractivity contribution in [2.45, 2.75) is 6.10 Å². The van der Waals surface area contributed by atoms with Crippen LogP contribution in [0, 0.1) is 5.82 Å². The van der Waals surface area contributed by atoms with Gasteiger partial charge in [0.1, 0.15) is 5.82 Å². The van der Waals surface area contributed by atoms with Crippen LogP contribution in [-0.2, 0) is 0 Å². The van der Waals surface area contributed by atoms with Crippen molar-refractivity contribution in [3.8, 4) is 0 Å². The zero-order chi connectivity index (χ0) is 17.6. The summed E-state index contributed by atoms with van der Waals surface area (Å²) in [5.41, 5.74) is 1.48. The summed E-state index contributed by atoms with van der Waals surface area (Å²) < 4.78 is 12.9. The van der Waals surface area contributed by atoms with E-state index in [9.17, 15) is 14.3 Å². The minimum Gasteiger partial charge on any atom is -0.387 e. The van der Waals surface area contributed by atoms with E-state index in [0.717, 1.165) is 5.56 Å². The maximum absolute atomic E-state index is 12.9. The van der Waals surface area contributed by atoms with Crippen LogP contribution in [0.25, 0.3) is 0 Å². The van der Waals surface area contributed by atoms with Gasteiger partial charge in [-0.2, -0.15) is 0 Å². The summed E-state index contributed by atoms with van der Waals surface area (Å²) in [5.74, 6) is -0.330. The van der Waals surface area contributed by atoms with Gasteiger partial charge >= 0.3 is 6.03 Å². The van der Waals surface area contributed by atoms with Gasteiger partial charge in [-0.25, -0.2) is 9.18 Å². The lowest BCUT2D eigenvalue weighted by Gasteiger charge is -2.35. The van der Waals surface area contributed by atoms with Crippen LogP contribution >= 0.6 is 0 Å². The van der Waals surface area contributed by atoms with E-state index in [4.69, 9.17) is 0 Å². The Morgan fingerprint density at radius 3 is 2.32 bits per heavy atom. The van der Waals surface area contributed by atoms with Gasteiger partial charge in [0.15, 0.2) is 0 Å². The van der Waals surface area contributed by atoms with E-state index in [1.165, 1.54) is 12.1 Å². The van der Waals surface area contributed by atoms with E-state index in [0.29, 0.717) is 38.4 Å². The largest absolute Gasteiger partial charge is 0.387 e. The van der Waals surface area contributed by atoms with Crippen molar-refractivity contribution in [1.82, 2.24) is 9.80 Å². The Labute approximate surface area is 146 Å². The van der Waals surface area contributed by atoms with Crippen molar-refractivity contribution in [3.63, 3.8) is 0 Å². The molecule has 2 aromatic carbocycles. The van der Waals surface area contributed by atoms with Gasteiger partial charge in [0.05, 0.1) is 6.10 Å². The molecule has 1 aliphatic heterocycles. The topological polar surface area (TPSA) is 55.8 Å². The predicted molar refractivity (Wildman–Crippen MR) is 94.8 cm³/mol. The van der Waals surface area contributed by atoms with Crippen LogP contribution in [0.5, 0.6) is 0 Å². The Morgan fingerprint density at radius 2 is 1.68 bits per heavy atom. The summed E-state index contributed by atoms with van der Waals surface area (Å²) in [6, 6.07) is 15.1. The van der Waals surface area contributed by atoms with Crippen LogP contribution in [-0.4, -0.2) is 53.7 Å². The Kier molecular flexibility index (Phi) is 5.63. The van der Waals surface area contributed by atoms with Gasteiger partial charge in [0, 0.05) is 38.4 Å². The maximum Gasteiger partial charge on any atom is 0.321 e. The second-order valence-electron chi connectivity index (χ2n) is 6.15. The third-order valence-corrected chi connectivity index (χ3v) is 4.37. The van der Waals surface area contributed by atoms with Gasteiger partial charge in [0.25, 0.3) is 0 Å². The summed E-state index contributed by atoms with van der Waals surface area (Å²) in [5, 5.41) is 13.1. The standard InChI is InChI=1S/C19H22FN3O2/c20-16-6-8-17(9-7-16)21-19(25)23-12-10-22(11-13-23)14-18(24)15-4-2-1-3-5-15/h1-9,18,24H,10-14H2,(H,21,25)/t18-/m0/s1. The van der Waals surface area contributed by atoms with Gasteiger partial charge < -0.3 is 15.3 Å². The van der Waals surface area contributed by atoms with Crippen LogP contribution in [0.3, 0.4) is 0 Å². The highest BCUT2D eigenvalue weighted by Crippen LogP contribution is 2.15. The number of β-amino-alcohol motifs (C(OH)–C–C–N with tert-alkyl or cyclic N) is 1. The number of nitrogens with one attached hydrogen (secondary N) is 1. The summed E-state index contributed by atoms with van der Waals surface area (Å²) in [6.45, 7) is 3.15. The molecular formula is C19H22FN3O2. The number of aliphatic hydroxyl groups is 1. The van der Waals surface area contributed by atoms with Crippen molar-refractivity contribution >= 4 is 11.7 Å². The first-order valence-corrected chi connectivity index (χ1v) is 8.39. The van der Waals surface area contributed by atoms with Crippen molar-refractivity contribution in [2.24, 2.45) is 0 Å². The number of hydrogen-bond donors (Lipinski definition) is 2. The van der Waals surface area contributed by atoms with Crippen LogP contribution in [0.1, 0.15) is 11.7 Å². The van der Waals surface area contributed by atoms with Crippen molar-refractivity contribution < 1.29 is 14.3 Å². The molecule has 0 unspecified atom stereocenters. The molecule has 25 heavy (non-hydrogen) atoms. The van der Waals surface area contributed by atoms with Gasteiger partial charge in [-0.3, -0.25) is 4.90 Å². The Bertz CT molecular complexity index is 686. The average Bonchev–Trinajstić information content (AvgIpc) is 2.65. The molecule has 1 atom stereocenters. The van der Waals surface area contributed by atoms with Gasteiger partial charge in [0.2, 0.25) is 0 Å². The molecule has 0 aromatic heterocycles. The van der Waals surface area contributed by atoms with E-state index in [1.807, 2.05) is 30.3 Å². The molecule has 0 radical (unpaired) electrons. The fourth-order valence-corrected chi connectivity index (χ4v) is 2.89. The SMILES string of the molecule is O=C(Nc1ccc(F)cc1)N1CCN(C[C@H](O)c2ccccc2)CC1. The third-order valence-electron chi connectivity index (χ3n) is 4.37. The highest BCUT2D eigenvalue weighted by atomic mass is 19.1. The van der Waals surface area contributed by atoms with E-state index in [1.54, 1.807) is 17.0 Å². The molecule has 2 N–H and O–H groups in total. The number of urea groups is 1. The number of rotatable bonds is 4. The number of halogens is 1. The fourth-order valence-electron chi connectivity index (χ4n) is 2.89. The van der Waals surface area contributed by atoms with E-state index in [-0.39, 0.29) is 11.8 Å². The number of carbonyl (C=O) groups is 1. The first-order valence-electron chi connectivity index (χ1n) is 8.39. The van der Waals surface area contributed by atoms with Crippen LogP contribution in [0.4, 0.5) is 14.9 Å². The highest BCUT2D eigenvalue weighted by molar-refractivity contribution is 5.89. The maximum atomic E-state index is 12.9. The van der Waals surface area contributed by atoms with Crippen LogP contribution < -0.4 is 5.32 Å². The lowest BCUT2D eigenvalue weighted by Crippen LogP contribution is -2.50. The number of carbonyl (C=O) groups excluding carboxylic acids is 1. The van der Waals surface area contributed by atoms with Crippen molar-refractivity contribution in [2.75, 3.05) is 38.0 Å². The molecule has 6 heteroatoms. The number of nitrogens with zero attached hydrogens (tertiary/aromatic N) is 2. The monoisotopic (exact) mass is 343 g/mol. The summed E-state index contributed by atoms with van der Waals surface area (Å²) in [4.78, 5) is 16.1. The number of hydrogen-bond acceptors (Lipinski definition) is 3. The molecule has 3 rings (SSSR count). The number of anilines is 1. The molecule has 0 bridgehead atoms. The van der Waals surface area contributed by atoms with E-state index in [2.05, 4.69) is 10.2 Å². The predicted octanol–water partition coefficient (Wildman–Crippen LogP) is 2.71. The summed E-state index contributed by atoms with van der Waals surface area (Å²) in [7, 11) is 0. The molecular weight excluding hydrogens is 321 g/mol. The number of aliphatic hydroxyl groups excluding tert-OH is 1. The van der Waals surface area contributed by atoms with Gasteiger partial charge in [-0.15, -0.1) is 0 Å². The minimum absolute atomic E-state index is 0.185. The summed E-state index contributed by atoms with van der Waals surface area (Å²) in [6.07, 6.45) is -0.527. The molecule has 1 fully saturated rings. The fraction of sp³-hybridized carbons (Fsp3) is 0.316. The molecule has 1 aliphatic rings. The van der Waals surface area contributed by atoms with Crippen molar-refractivity contribution in [3.05, 3.63) is 66.0 Å². The smallest absolute Gasteiger partial charge is 0.321 e. The molecule has 0 spiro atoms. The number of amides is 2. The van der Waals surface area contributed by atoms with E-state index < -0.39 is 6.10 Å².